The van der Waals surface area contributed by atoms with Gasteiger partial charge in [0.05, 0.1) is 11.4 Å². The summed E-state index contributed by atoms with van der Waals surface area (Å²) in [6.45, 7) is 0. The van der Waals surface area contributed by atoms with E-state index in [0.29, 0.717) is 11.4 Å². The fourth-order valence-corrected chi connectivity index (χ4v) is 0.671. The molecule has 50 valence electrons. The first-order valence-electron chi connectivity index (χ1n) is 2.84. The molecule has 0 atom stereocenters. The molecule has 0 unspecified atom stereocenters. The molecule has 0 spiro atoms. The lowest BCUT2D eigenvalue weighted by atomic mass is 10.3. The minimum atomic E-state index is 0.587. The Morgan fingerprint density at radius 1 is 1.40 bits per heavy atom. The second kappa shape index (κ2) is 2.74. The summed E-state index contributed by atoms with van der Waals surface area (Å²) in [7, 11) is 0. The Kier molecular flexibility index (Phi) is 1.76. The molecule has 3 nitrogen and oxygen atoms in total. The van der Waals surface area contributed by atoms with Gasteiger partial charge in [0, 0.05) is 0 Å². The van der Waals surface area contributed by atoms with Gasteiger partial charge < -0.3 is 5.73 Å². The number of hydrogen-bond donors (Lipinski definition) is 2. The maximum absolute atomic E-state index is 8.23. The molecule has 0 aliphatic rings. The third kappa shape index (κ3) is 1.17. The third-order valence-electron chi connectivity index (χ3n) is 1.15. The van der Waals surface area contributed by atoms with Crippen LogP contribution < -0.4 is 11.1 Å². The second-order valence-corrected chi connectivity index (χ2v) is 1.82. The van der Waals surface area contributed by atoms with E-state index in [1.807, 2.05) is 12.1 Å². The molecule has 1 aromatic carbocycles. The first-order valence-corrected chi connectivity index (χ1v) is 2.84. The molecule has 3 N–H and O–H groups in total. The zero-order valence-electron chi connectivity index (χ0n) is 5.33. The van der Waals surface area contributed by atoms with Crippen LogP contribution in [0.15, 0.2) is 24.3 Å². The lowest BCUT2D eigenvalue weighted by Gasteiger charge is -1.99. The van der Waals surface area contributed by atoms with Crippen LogP contribution in [0.5, 0.6) is 0 Å². The molecule has 0 saturated carbocycles. The highest BCUT2D eigenvalue weighted by atomic mass is 14.9. The Balaban J connectivity index is 2.94. The van der Waals surface area contributed by atoms with Crippen LogP contribution in [0.1, 0.15) is 0 Å². The summed E-state index contributed by atoms with van der Waals surface area (Å²) in [5, 5.41) is 10.7. The van der Waals surface area contributed by atoms with Crippen LogP contribution in [0.2, 0.25) is 0 Å². The highest BCUT2D eigenvalue weighted by Crippen LogP contribution is 2.15. The molecule has 10 heavy (non-hydrogen) atoms. The van der Waals surface area contributed by atoms with Crippen LogP contribution in [0.3, 0.4) is 0 Å². The fourth-order valence-electron chi connectivity index (χ4n) is 0.671. The van der Waals surface area contributed by atoms with Crippen LogP contribution in [0.4, 0.5) is 11.4 Å². The largest absolute Gasteiger partial charge is 0.397 e. The molecule has 0 amide bonds. The number of nitrogens with one attached hydrogen (secondary N) is 1. The van der Waals surface area contributed by atoms with Crippen molar-refractivity contribution < 1.29 is 0 Å². The van der Waals surface area contributed by atoms with Gasteiger partial charge in [-0.2, -0.15) is 5.26 Å². The van der Waals surface area contributed by atoms with Gasteiger partial charge in [0.25, 0.3) is 0 Å². The van der Waals surface area contributed by atoms with Crippen LogP contribution in [-0.2, 0) is 0 Å². The average molecular weight is 133 g/mol. The van der Waals surface area contributed by atoms with E-state index in [-0.39, 0.29) is 0 Å². The van der Waals surface area contributed by atoms with Gasteiger partial charge in [-0.15, -0.1) is 0 Å². The number of nitrogen functional groups attached to an aromatic ring is 1. The van der Waals surface area contributed by atoms with Crippen molar-refractivity contribution in [2.75, 3.05) is 11.1 Å². The van der Waals surface area contributed by atoms with Gasteiger partial charge in [0.2, 0.25) is 0 Å². The molecule has 1 rings (SSSR count). The highest BCUT2D eigenvalue weighted by molar-refractivity contribution is 5.67. The maximum atomic E-state index is 8.23. The van der Waals surface area contributed by atoms with Crippen LogP contribution in [0, 0.1) is 11.5 Å². The van der Waals surface area contributed by atoms with Crippen molar-refractivity contribution in [1.29, 1.82) is 5.26 Å². The predicted molar refractivity (Wildman–Crippen MR) is 40.1 cm³/mol. The predicted octanol–water partition coefficient (Wildman–Crippen LogP) is 1.16. The van der Waals surface area contributed by atoms with E-state index in [4.69, 9.17) is 11.0 Å². The summed E-state index contributed by atoms with van der Waals surface area (Å²) in [5.74, 6) is 0. The van der Waals surface area contributed by atoms with Crippen LogP contribution in [0.25, 0.3) is 0 Å². The Labute approximate surface area is 59.1 Å². The number of nitriles is 1. The topological polar surface area (TPSA) is 61.8 Å². The molecule has 0 heterocycles. The minimum Gasteiger partial charge on any atom is -0.397 e. The zero-order chi connectivity index (χ0) is 7.40. The molecule has 0 saturated heterocycles. The van der Waals surface area contributed by atoms with Crippen molar-refractivity contribution >= 4 is 11.4 Å². The number of nitrogens with zero attached hydrogens (tertiary/aromatic N) is 1. The van der Waals surface area contributed by atoms with Crippen LogP contribution >= 0.6 is 0 Å². The van der Waals surface area contributed by atoms with Gasteiger partial charge in [0.15, 0.2) is 6.19 Å². The molecule has 0 bridgehead atoms. The van der Waals surface area contributed by atoms with Crippen molar-refractivity contribution in [3.63, 3.8) is 0 Å². The quantitative estimate of drug-likeness (QED) is 0.343. The first kappa shape index (κ1) is 6.43. The molecule has 1 aromatic rings. The molecule has 3 heteroatoms. The number of hydrogen-bond acceptors (Lipinski definition) is 3. The van der Waals surface area contributed by atoms with E-state index < -0.39 is 0 Å². The first-order chi connectivity index (χ1) is 4.84. The molecule has 0 aromatic heterocycles. The summed E-state index contributed by atoms with van der Waals surface area (Å²) in [6.07, 6.45) is 1.79. The summed E-state index contributed by atoms with van der Waals surface area (Å²) >= 11 is 0. The maximum Gasteiger partial charge on any atom is 0.181 e. The van der Waals surface area contributed by atoms with Gasteiger partial charge in [-0.3, -0.25) is 5.32 Å². The monoisotopic (exact) mass is 133 g/mol. The number of benzene rings is 1. The normalized spacial score (nSPS) is 8.30. The zero-order valence-corrected chi connectivity index (χ0v) is 5.33. The average Bonchev–Trinajstić information content (AvgIpc) is 1.94. The lowest BCUT2D eigenvalue weighted by Crippen LogP contribution is -1.93. The van der Waals surface area contributed by atoms with E-state index in [2.05, 4.69) is 5.32 Å². The fraction of sp³-hybridized carbons (Fsp3) is 0. The molecule has 0 fully saturated rings. The van der Waals surface area contributed by atoms with Gasteiger partial charge in [0.1, 0.15) is 0 Å². The summed E-state index contributed by atoms with van der Waals surface area (Å²) < 4.78 is 0. The third-order valence-corrected chi connectivity index (χ3v) is 1.15. The smallest absolute Gasteiger partial charge is 0.181 e. The van der Waals surface area contributed by atoms with Crippen molar-refractivity contribution in [2.24, 2.45) is 0 Å². The summed E-state index contributed by atoms with van der Waals surface area (Å²) in [6, 6.07) is 7.12. The SMILES string of the molecule is N#CNc1ccccc1N. The van der Waals surface area contributed by atoms with Crippen LogP contribution in [-0.4, -0.2) is 0 Å². The summed E-state index contributed by atoms with van der Waals surface area (Å²) in [5.41, 5.74) is 6.74. The van der Waals surface area contributed by atoms with E-state index in [1.54, 1.807) is 18.3 Å². The number of nitrogens with two attached hydrogens (primary N) is 1. The van der Waals surface area contributed by atoms with Gasteiger partial charge in [-0.25, -0.2) is 0 Å². The lowest BCUT2D eigenvalue weighted by molar-refractivity contribution is 1.47. The Morgan fingerprint density at radius 2 is 2.10 bits per heavy atom. The van der Waals surface area contributed by atoms with Gasteiger partial charge in [-0.1, -0.05) is 12.1 Å². The Morgan fingerprint density at radius 3 is 2.70 bits per heavy atom. The molecule has 0 radical (unpaired) electrons. The standard InChI is InChI=1S/C7H7N3/c8-5-10-7-4-2-1-3-6(7)9/h1-4,10H,9H2. The van der Waals surface area contributed by atoms with Crippen molar-refractivity contribution in [2.45, 2.75) is 0 Å². The molecule has 0 aliphatic heterocycles. The van der Waals surface area contributed by atoms with E-state index in [9.17, 15) is 0 Å². The highest BCUT2D eigenvalue weighted by Gasteiger charge is 1.92. The van der Waals surface area contributed by atoms with Gasteiger partial charge >= 0.3 is 0 Å². The number of para-hydroxylation sites is 2. The van der Waals surface area contributed by atoms with E-state index in [1.165, 1.54) is 0 Å². The minimum absolute atomic E-state index is 0.587. The van der Waals surface area contributed by atoms with Crippen molar-refractivity contribution in [3.8, 4) is 6.19 Å². The number of rotatable bonds is 1. The van der Waals surface area contributed by atoms with Gasteiger partial charge in [-0.05, 0) is 12.1 Å². The number of anilines is 2. The van der Waals surface area contributed by atoms with E-state index in [0.717, 1.165) is 0 Å². The van der Waals surface area contributed by atoms with Crippen molar-refractivity contribution in [3.05, 3.63) is 24.3 Å². The molecular formula is C7H7N3. The Bertz CT molecular complexity index is 262. The Hall–Kier alpha value is -1.69. The van der Waals surface area contributed by atoms with Crippen molar-refractivity contribution in [1.82, 2.24) is 0 Å². The van der Waals surface area contributed by atoms with E-state index >= 15 is 0 Å². The summed E-state index contributed by atoms with van der Waals surface area (Å²) in [4.78, 5) is 0. The molecular weight excluding hydrogens is 126 g/mol. The molecule has 0 aliphatic carbocycles. The second-order valence-electron chi connectivity index (χ2n) is 1.82.